The summed E-state index contributed by atoms with van der Waals surface area (Å²) >= 11 is 0. The van der Waals surface area contributed by atoms with Crippen molar-refractivity contribution < 1.29 is 22.8 Å². The van der Waals surface area contributed by atoms with Gasteiger partial charge in [-0.1, -0.05) is 6.07 Å². The van der Waals surface area contributed by atoms with Crippen molar-refractivity contribution in [3.8, 4) is 0 Å². The number of sulfonamides is 1. The molecule has 0 unspecified atom stereocenters. The van der Waals surface area contributed by atoms with E-state index in [0.29, 0.717) is 18.7 Å². The molecule has 2 atom stereocenters. The first-order valence-corrected chi connectivity index (χ1v) is 11.5. The van der Waals surface area contributed by atoms with Crippen molar-refractivity contribution in [1.29, 1.82) is 0 Å². The van der Waals surface area contributed by atoms with Gasteiger partial charge in [-0.05, 0) is 32.0 Å². The van der Waals surface area contributed by atoms with Crippen LogP contribution in [0.15, 0.2) is 29.2 Å². The minimum atomic E-state index is -3.66. The molecule has 0 spiro atoms. The third kappa shape index (κ3) is 4.56. The van der Waals surface area contributed by atoms with Crippen LogP contribution in [0.4, 0.5) is 0 Å². The second kappa shape index (κ2) is 8.49. The first kappa shape index (κ1) is 21.2. The Labute approximate surface area is 168 Å². The van der Waals surface area contributed by atoms with Gasteiger partial charge in [0, 0.05) is 44.6 Å². The normalized spacial score (nSPS) is 29.4. The topological polar surface area (TPSA) is 71.4 Å². The number of piperidine rings is 1. The van der Waals surface area contributed by atoms with E-state index in [-0.39, 0.29) is 29.1 Å². The average Bonchev–Trinajstić information content (AvgIpc) is 2.67. The van der Waals surface area contributed by atoms with Gasteiger partial charge < -0.3 is 14.5 Å². The minimum Gasteiger partial charge on any atom is -0.373 e. The van der Waals surface area contributed by atoms with E-state index < -0.39 is 10.0 Å². The van der Waals surface area contributed by atoms with Gasteiger partial charge in [0.15, 0.2) is 0 Å². The fraction of sp³-hybridized carbons (Fsp3) is 0.650. The molecule has 3 rings (SSSR count). The molecule has 0 saturated carbocycles. The molecule has 0 bridgehead atoms. The molecule has 1 aromatic rings. The molecule has 0 aromatic heterocycles. The lowest BCUT2D eigenvalue weighted by Gasteiger charge is -2.34. The maximum atomic E-state index is 13.1. The monoisotopic (exact) mass is 410 g/mol. The third-order valence-corrected chi connectivity index (χ3v) is 7.61. The summed E-state index contributed by atoms with van der Waals surface area (Å²) in [5.41, 5.74) is 0.421. The Morgan fingerprint density at radius 2 is 1.79 bits per heavy atom. The Morgan fingerprint density at radius 3 is 2.39 bits per heavy atom. The number of quaternary nitrogens is 1. The Bertz CT molecular complexity index is 795. The fourth-order valence-electron chi connectivity index (χ4n) is 4.12. The van der Waals surface area contributed by atoms with Crippen LogP contribution in [0.3, 0.4) is 0 Å². The number of likely N-dealkylation sites (tertiary alicyclic amines) is 1. The predicted molar refractivity (Wildman–Crippen MR) is 107 cm³/mol. The lowest BCUT2D eigenvalue weighted by atomic mass is 10.0. The van der Waals surface area contributed by atoms with Crippen molar-refractivity contribution >= 4 is 15.9 Å². The summed E-state index contributed by atoms with van der Waals surface area (Å²) in [5.74, 6) is -0.120. The first-order valence-electron chi connectivity index (χ1n) is 10.0. The van der Waals surface area contributed by atoms with Gasteiger partial charge in [-0.15, -0.1) is 0 Å². The van der Waals surface area contributed by atoms with Gasteiger partial charge in [0.05, 0.1) is 37.2 Å². The average molecular weight is 411 g/mol. The Balaban J connectivity index is 1.78. The van der Waals surface area contributed by atoms with Crippen molar-refractivity contribution in [3.63, 3.8) is 0 Å². The van der Waals surface area contributed by atoms with Gasteiger partial charge in [-0.25, -0.2) is 8.42 Å². The summed E-state index contributed by atoms with van der Waals surface area (Å²) in [6.45, 7) is 6.48. The maximum absolute atomic E-state index is 13.1. The first-order chi connectivity index (χ1) is 13.2. The third-order valence-electron chi connectivity index (χ3n) is 5.78. The van der Waals surface area contributed by atoms with Crippen LogP contribution < -0.4 is 4.90 Å². The van der Waals surface area contributed by atoms with Crippen LogP contribution in [0.1, 0.15) is 37.0 Å². The molecule has 2 fully saturated rings. The van der Waals surface area contributed by atoms with Crippen LogP contribution >= 0.6 is 0 Å². The number of rotatable bonds is 4. The zero-order valence-corrected chi connectivity index (χ0v) is 18.0. The van der Waals surface area contributed by atoms with Crippen LogP contribution in [0.5, 0.6) is 0 Å². The molecule has 2 saturated heterocycles. The van der Waals surface area contributed by atoms with Gasteiger partial charge in [-0.2, -0.15) is 4.31 Å². The van der Waals surface area contributed by atoms with E-state index in [0.717, 1.165) is 25.9 Å². The number of ether oxygens (including phenoxy) is 1. The molecule has 1 N–H and O–H groups in total. The second-order valence-corrected chi connectivity index (χ2v) is 10.1. The Kier molecular flexibility index (Phi) is 6.44. The van der Waals surface area contributed by atoms with Gasteiger partial charge in [0.1, 0.15) is 0 Å². The minimum absolute atomic E-state index is 0.120. The highest BCUT2D eigenvalue weighted by Gasteiger charge is 2.33. The number of carbonyl (C=O) groups is 1. The molecule has 7 nitrogen and oxygen atoms in total. The lowest BCUT2D eigenvalue weighted by molar-refractivity contribution is -0.885. The molecule has 0 radical (unpaired) electrons. The van der Waals surface area contributed by atoms with Crippen LogP contribution in [0, 0.1) is 0 Å². The SMILES string of the molecule is C[C@H]1CN(S(=O)(=O)c2cccc(C(=O)N(C)C3CC[NH+](C)CC3)c2)C[C@H](C)O1. The smallest absolute Gasteiger partial charge is 0.253 e. The highest BCUT2D eigenvalue weighted by molar-refractivity contribution is 7.89. The highest BCUT2D eigenvalue weighted by atomic mass is 32.2. The predicted octanol–water partition coefficient (Wildman–Crippen LogP) is 0.234. The van der Waals surface area contributed by atoms with Gasteiger partial charge in [-0.3, -0.25) is 4.79 Å². The number of amides is 1. The highest BCUT2D eigenvalue weighted by Crippen LogP contribution is 2.23. The summed E-state index contributed by atoms with van der Waals surface area (Å²) < 4.78 is 33.3. The summed E-state index contributed by atoms with van der Waals surface area (Å²) in [4.78, 5) is 16.4. The largest absolute Gasteiger partial charge is 0.373 e. The van der Waals surface area contributed by atoms with Crippen LogP contribution in [0.25, 0.3) is 0 Å². The number of nitrogens with zero attached hydrogens (tertiary/aromatic N) is 2. The molecule has 156 valence electrons. The van der Waals surface area contributed by atoms with E-state index in [1.54, 1.807) is 23.1 Å². The standard InChI is InChI=1S/C20H31N3O4S/c1-15-13-23(14-16(2)27-15)28(25,26)19-7-5-6-17(12-19)20(24)22(4)18-8-10-21(3)11-9-18/h5-7,12,15-16,18H,8-11,13-14H2,1-4H3/p+1/t15-,16-/m0/s1. The van der Waals surface area contributed by atoms with Crippen molar-refractivity contribution in [2.45, 2.75) is 49.8 Å². The molecule has 1 aromatic carbocycles. The maximum Gasteiger partial charge on any atom is 0.253 e. The van der Waals surface area contributed by atoms with Crippen molar-refractivity contribution in [2.75, 3.05) is 40.3 Å². The fourth-order valence-corrected chi connectivity index (χ4v) is 5.75. The molecule has 2 aliphatic heterocycles. The van der Waals surface area contributed by atoms with E-state index in [1.165, 1.54) is 15.3 Å². The Hall–Kier alpha value is -1.48. The zero-order valence-electron chi connectivity index (χ0n) is 17.2. The van der Waals surface area contributed by atoms with Gasteiger partial charge in [0.25, 0.3) is 5.91 Å². The summed E-state index contributed by atoms with van der Waals surface area (Å²) in [6.07, 6.45) is 1.63. The van der Waals surface area contributed by atoms with Crippen molar-refractivity contribution in [3.05, 3.63) is 29.8 Å². The molecule has 0 aliphatic carbocycles. The molecule has 28 heavy (non-hydrogen) atoms. The lowest BCUT2D eigenvalue weighted by Crippen LogP contribution is -3.10. The van der Waals surface area contributed by atoms with Crippen LogP contribution in [-0.2, 0) is 14.8 Å². The number of hydrogen-bond donors (Lipinski definition) is 1. The van der Waals surface area contributed by atoms with E-state index in [9.17, 15) is 13.2 Å². The zero-order chi connectivity index (χ0) is 20.5. The number of benzene rings is 1. The molecule has 2 aliphatic rings. The van der Waals surface area contributed by atoms with Crippen LogP contribution in [-0.4, -0.2) is 82.1 Å². The van der Waals surface area contributed by atoms with Crippen LogP contribution in [0.2, 0.25) is 0 Å². The summed E-state index contributed by atoms with van der Waals surface area (Å²) in [6, 6.07) is 6.63. The van der Waals surface area contributed by atoms with Gasteiger partial charge >= 0.3 is 0 Å². The molecule has 1 amide bonds. The quantitative estimate of drug-likeness (QED) is 0.772. The van der Waals surface area contributed by atoms with E-state index >= 15 is 0 Å². The molecular weight excluding hydrogens is 378 g/mol. The number of carbonyl (C=O) groups excluding carboxylic acids is 1. The number of nitrogens with one attached hydrogen (secondary N) is 1. The van der Waals surface area contributed by atoms with Gasteiger partial charge in [0.2, 0.25) is 10.0 Å². The second-order valence-electron chi connectivity index (χ2n) is 8.21. The molecular formula is C20H32N3O4S+. The van der Waals surface area contributed by atoms with E-state index in [1.807, 2.05) is 20.9 Å². The number of morpholine rings is 1. The Morgan fingerprint density at radius 1 is 1.18 bits per heavy atom. The summed E-state index contributed by atoms with van der Waals surface area (Å²) in [5, 5.41) is 0. The summed E-state index contributed by atoms with van der Waals surface area (Å²) in [7, 11) is 0.324. The van der Waals surface area contributed by atoms with E-state index in [2.05, 4.69) is 7.05 Å². The van der Waals surface area contributed by atoms with E-state index in [4.69, 9.17) is 4.74 Å². The van der Waals surface area contributed by atoms with Crippen molar-refractivity contribution in [2.24, 2.45) is 0 Å². The molecule has 8 heteroatoms. The molecule has 2 heterocycles. The van der Waals surface area contributed by atoms with Crippen molar-refractivity contribution in [1.82, 2.24) is 9.21 Å². The number of hydrogen-bond acceptors (Lipinski definition) is 4.